The predicted molar refractivity (Wildman–Crippen MR) is 77.0 cm³/mol. The fourth-order valence-electron chi connectivity index (χ4n) is 2.03. The number of aliphatic hydroxyl groups excluding tert-OH is 4. The minimum absolute atomic E-state index is 0.104. The van der Waals surface area contributed by atoms with Crippen LogP contribution in [0.5, 0.6) is 5.75 Å². The van der Waals surface area contributed by atoms with E-state index in [1.165, 1.54) is 18.2 Å². The van der Waals surface area contributed by atoms with Gasteiger partial charge in [-0.2, -0.15) is 0 Å². The monoisotopic (exact) mass is 326 g/mol. The molecule has 0 amide bonds. The highest BCUT2D eigenvalue weighted by atomic mass is 16.6. The molecule has 23 heavy (non-hydrogen) atoms. The smallest absolute Gasteiger partial charge is 0.330 e. The average molecular weight is 326 g/mol. The number of aliphatic hydroxyl groups is 4. The first kappa shape index (κ1) is 17.4. The van der Waals surface area contributed by atoms with Gasteiger partial charge in [0.1, 0.15) is 36.8 Å². The molecule has 1 heterocycles. The molecule has 0 saturated carbocycles. The molecule has 0 spiro atoms. The summed E-state index contributed by atoms with van der Waals surface area (Å²) < 4.78 is 9.74. The SMILES string of the molecule is O=C(/C=C\c1ccc(O)cc1)OC[C@H]1O[C@@H](O)[C@H](O)[C@@H](O)[C@@H]1O. The largest absolute Gasteiger partial charge is 0.508 e. The molecule has 8 nitrogen and oxygen atoms in total. The molecule has 1 aliphatic heterocycles. The minimum atomic E-state index is -1.68. The molecule has 8 heteroatoms. The third-order valence-corrected chi connectivity index (χ3v) is 3.38. The van der Waals surface area contributed by atoms with Gasteiger partial charge in [-0.1, -0.05) is 12.1 Å². The normalized spacial score (nSPS) is 31.2. The lowest BCUT2D eigenvalue weighted by Gasteiger charge is -2.37. The molecule has 1 aromatic carbocycles. The molecule has 0 unspecified atom stereocenters. The van der Waals surface area contributed by atoms with E-state index < -0.39 is 43.3 Å². The lowest BCUT2D eigenvalue weighted by Crippen LogP contribution is -2.58. The van der Waals surface area contributed by atoms with Crippen LogP contribution in [0.2, 0.25) is 0 Å². The van der Waals surface area contributed by atoms with Crippen LogP contribution < -0.4 is 0 Å². The number of esters is 1. The van der Waals surface area contributed by atoms with E-state index in [0.717, 1.165) is 6.08 Å². The maximum Gasteiger partial charge on any atom is 0.330 e. The van der Waals surface area contributed by atoms with E-state index >= 15 is 0 Å². The molecule has 1 aromatic rings. The maximum atomic E-state index is 11.6. The Morgan fingerprint density at radius 1 is 1.09 bits per heavy atom. The molecule has 1 saturated heterocycles. The number of carbonyl (C=O) groups excluding carboxylic acids is 1. The number of hydrogen-bond donors (Lipinski definition) is 5. The summed E-state index contributed by atoms with van der Waals surface area (Å²) in [4.78, 5) is 11.6. The molecule has 126 valence electrons. The zero-order chi connectivity index (χ0) is 17.0. The Bertz CT molecular complexity index is 555. The van der Waals surface area contributed by atoms with Crippen LogP contribution >= 0.6 is 0 Å². The van der Waals surface area contributed by atoms with E-state index in [9.17, 15) is 25.2 Å². The molecule has 1 aliphatic rings. The molecular weight excluding hydrogens is 308 g/mol. The van der Waals surface area contributed by atoms with Crippen molar-refractivity contribution >= 4 is 12.0 Å². The molecule has 1 fully saturated rings. The Balaban J connectivity index is 1.85. The van der Waals surface area contributed by atoms with E-state index in [1.807, 2.05) is 0 Å². The summed E-state index contributed by atoms with van der Waals surface area (Å²) >= 11 is 0. The van der Waals surface area contributed by atoms with Gasteiger partial charge in [-0.05, 0) is 23.8 Å². The zero-order valence-corrected chi connectivity index (χ0v) is 12.0. The van der Waals surface area contributed by atoms with Gasteiger partial charge in [0.2, 0.25) is 0 Å². The highest BCUT2D eigenvalue weighted by Crippen LogP contribution is 2.20. The van der Waals surface area contributed by atoms with E-state index in [1.54, 1.807) is 12.1 Å². The summed E-state index contributed by atoms with van der Waals surface area (Å²) in [6.45, 7) is -0.402. The molecule has 0 aromatic heterocycles. The number of rotatable bonds is 4. The highest BCUT2D eigenvalue weighted by molar-refractivity contribution is 5.87. The van der Waals surface area contributed by atoms with Crippen LogP contribution in [-0.2, 0) is 14.3 Å². The average Bonchev–Trinajstić information content (AvgIpc) is 2.54. The van der Waals surface area contributed by atoms with Crippen LogP contribution in [0.4, 0.5) is 0 Å². The summed E-state index contributed by atoms with van der Waals surface area (Å²) in [5.41, 5.74) is 0.669. The van der Waals surface area contributed by atoms with Crippen LogP contribution in [0.3, 0.4) is 0 Å². The first-order valence-corrected chi connectivity index (χ1v) is 6.90. The second-order valence-electron chi connectivity index (χ2n) is 5.09. The van der Waals surface area contributed by atoms with Crippen LogP contribution in [0.1, 0.15) is 5.56 Å². The summed E-state index contributed by atoms with van der Waals surface area (Å²) in [6.07, 6.45) is -4.96. The van der Waals surface area contributed by atoms with Crippen molar-refractivity contribution in [2.24, 2.45) is 0 Å². The molecule has 2 rings (SSSR count). The van der Waals surface area contributed by atoms with Crippen molar-refractivity contribution in [2.75, 3.05) is 6.61 Å². The van der Waals surface area contributed by atoms with Gasteiger partial charge in [0.05, 0.1) is 0 Å². The fraction of sp³-hybridized carbons (Fsp3) is 0.400. The summed E-state index contributed by atoms with van der Waals surface area (Å²) in [5.74, 6) is -0.614. The van der Waals surface area contributed by atoms with E-state index in [-0.39, 0.29) is 5.75 Å². The molecule has 0 aliphatic carbocycles. The van der Waals surface area contributed by atoms with Gasteiger partial charge in [0.25, 0.3) is 0 Å². The lowest BCUT2D eigenvalue weighted by molar-refractivity contribution is -0.287. The van der Waals surface area contributed by atoms with Crippen molar-refractivity contribution in [1.29, 1.82) is 0 Å². The topological polar surface area (TPSA) is 137 Å². The van der Waals surface area contributed by atoms with Gasteiger partial charge in [-0.3, -0.25) is 0 Å². The predicted octanol–water partition coefficient (Wildman–Crippen LogP) is -1.25. The molecule has 0 radical (unpaired) electrons. The molecule has 5 N–H and O–H groups in total. The first-order chi connectivity index (χ1) is 10.9. The summed E-state index contributed by atoms with van der Waals surface area (Å²) in [5, 5.41) is 47.0. The van der Waals surface area contributed by atoms with E-state index in [2.05, 4.69) is 0 Å². The van der Waals surface area contributed by atoms with Crippen LogP contribution in [0.15, 0.2) is 30.3 Å². The molecular formula is C15H18O8. The van der Waals surface area contributed by atoms with Crippen molar-refractivity contribution < 1.29 is 39.8 Å². The maximum absolute atomic E-state index is 11.6. The second kappa shape index (κ2) is 7.53. The number of benzene rings is 1. The number of ether oxygens (including phenoxy) is 2. The number of phenolic OH excluding ortho intramolecular Hbond substituents is 1. The van der Waals surface area contributed by atoms with E-state index in [4.69, 9.17) is 14.6 Å². The number of phenols is 1. The Kier molecular flexibility index (Phi) is 5.69. The van der Waals surface area contributed by atoms with Gasteiger partial charge in [-0.15, -0.1) is 0 Å². The Hall–Kier alpha value is -1.97. The van der Waals surface area contributed by atoms with Gasteiger partial charge in [0, 0.05) is 6.08 Å². The third-order valence-electron chi connectivity index (χ3n) is 3.38. The first-order valence-electron chi connectivity index (χ1n) is 6.90. The minimum Gasteiger partial charge on any atom is -0.508 e. The third kappa shape index (κ3) is 4.50. The Morgan fingerprint density at radius 2 is 1.74 bits per heavy atom. The highest BCUT2D eigenvalue weighted by Gasteiger charge is 2.43. The standard InChI is InChI=1S/C15H18O8/c16-9-4-1-8(2-5-9)3-6-11(17)22-7-10-12(18)13(19)14(20)15(21)23-10/h1-6,10,12-16,18-21H,7H2/b6-3-/t10-,12-,13+,14-,15-/m1/s1. The van der Waals surface area contributed by atoms with Crippen molar-refractivity contribution in [3.05, 3.63) is 35.9 Å². The lowest BCUT2D eigenvalue weighted by atomic mass is 9.99. The van der Waals surface area contributed by atoms with Crippen molar-refractivity contribution in [2.45, 2.75) is 30.7 Å². The van der Waals surface area contributed by atoms with Crippen LogP contribution in [0.25, 0.3) is 6.08 Å². The molecule has 0 bridgehead atoms. The van der Waals surface area contributed by atoms with Crippen LogP contribution in [0, 0.1) is 0 Å². The van der Waals surface area contributed by atoms with Crippen LogP contribution in [-0.4, -0.2) is 68.8 Å². The van der Waals surface area contributed by atoms with Crippen molar-refractivity contribution in [3.8, 4) is 5.75 Å². The number of hydrogen-bond acceptors (Lipinski definition) is 8. The summed E-state index contributed by atoms with van der Waals surface area (Å²) in [7, 11) is 0. The summed E-state index contributed by atoms with van der Waals surface area (Å²) in [6, 6.07) is 6.12. The molecule has 5 atom stereocenters. The number of carbonyl (C=O) groups is 1. The van der Waals surface area contributed by atoms with Gasteiger partial charge in [-0.25, -0.2) is 4.79 Å². The Morgan fingerprint density at radius 3 is 2.39 bits per heavy atom. The van der Waals surface area contributed by atoms with Crippen molar-refractivity contribution in [3.63, 3.8) is 0 Å². The van der Waals surface area contributed by atoms with E-state index in [0.29, 0.717) is 5.56 Å². The number of aromatic hydroxyl groups is 1. The Labute approximate surface area is 131 Å². The fourth-order valence-corrected chi connectivity index (χ4v) is 2.03. The quantitative estimate of drug-likeness (QED) is 0.342. The second-order valence-corrected chi connectivity index (χ2v) is 5.09. The van der Waals surface area contributed by atoms with Crippen molar-refractivity contribution in [1.82, 2.24) is 0 Å². The van der Waals surface area contributed by atoms with Gasteiger partial charge in [0.15, 0.2) is 6.29 Å². The van der Waals surface area contributed by atoms with Gasteiger partial charge < -0.3 is 35.0 Å². The van der Waals surface area contributed by atoms with Gasteiger partial charge >= 0.3 is 5.97 Å². The zero-order valence-electron chi connectivity index (χ0n) is 12.0.